The number of nitrogens with one attached hydrogen (secondary N) is 2. The zero-order valence-electron chi connectivity index (χ0n) is 20.7. The molecule has 2 aromatic carbocycles. The molecule has 0 bridgehead atoms. The van der Waals surface area contributed by atoms with Crippen molar-refractivity contribution in [3.63, 3.8) is 0 Å². The third-order valence-electron chi connectivity index (χ3n) is 7.35. The average molecular weight is 541 g/mol. The maximum Gasteiger partial charge on any atom is 0.417 e. The number of oxazole rings is 1. The van der Waals surface area contributed by atoms with Crippen LogP contribution < -0.4 is 11.1 Å². The molecule has 1 aromatic heterocycles. The highest BCUT2D eigenvalue weighted by Gasteiger charge is 2.43. The summed E-state index contributed by atoms with van der Waals surface area (Å²) in [6.45, 7) is 0.722. The summed E-state index contributed by atoms with van der Waals surface area (Å²) in [5.41, 5.74) is 1.27. The Bertz CT molecular complexity index is 1350. The number of benzene rings is 2. The van der Waals surface area contributed by atoms with Gasteiger partial charge in [0.15, 0.2) is 5.58 Å². The van der Waals surface area contributed by atoms with Crippen LogP contribution in [0.2, 0.25) is 0 Å². The van der Waals surface area contributed by atoms with E-state index >= 15 is 8.78 Å². The number of anilines is 1. The number of aromatic nitrogens is 1. The van der Waals surface area contributed by atoms with Crippen LogP contribution in [-0.2, 0) is 6.42 Å². The molecule has 2 atom stereocenters. The predicted molar refractivity (Wildman–Crippen MR) is 131 cm³/mol. The number of fused-ring (bicyclic) bond motifs is 3. The number of halogens is 5. The first-order chi connectivity index (χ1) is 18.1. The second-order valence-corrected chi connectivity index (χ2v) is 10.2. The molecule has 2 aliphatic rings. The molecule has 5 rings (SSSR count). The first-order valence-corrected chi connectivity index (χ1v) is 12.5. The number of nitrogens with zero attached hydrogens (tertiary/aromatic N) is 2. The van der Waals surface area contributed by atoms with Crippen LogP contribution in [0, 0.1) is 11.6 Å². The van der Waals surface area contributed by atoms with Gasteiger partial charge in [-0.3, -0.25) is 19.2 Å². The highest BCUT2D eigenvalue weighted by atomic mass is 19.3. The molecule has 0 saturated carbocycles. The molecule has 38 heavy (non-hydrogen) atoms. The van der Waals surface area contributed by atoms with Gasteiger partial charge >= 0.3 is 5.76 Å². The zero-order chi connectivity index (χ0) is 27.2. The Labute approximate surface area is 215 Å². The molecule has 0 unspecified atom stereocenters. The second kappa shape index (κ2) is 10.3. The first-order valence-electron chi connectivity index (χ1n) is 12.5. The van der Waals surface area contributed by atoms with E-state index in [9.17, 15) is 23.1 Å². The van der Waals surface area contributed by atoms with Crippen molar-refractivity contribution in [1.82, 2.24) is 14.8 Å². The smallest absolute Gasteiger partial charge is 0.408 e. The van der Waals surface area contributed by atoms with Gasteiger partial charge in [-0.15, -0.1) is 0 Å². The number of aliphatic hydroxyl groups excluding tert-OH is 1. The molecule has 7 nitrogen and oxygen atoms in total. The highest BCUT2D eigenvalue weighted by molar-refractivity contribution is 5.78. The Morgan fingerprint density at radius 2 is 1.92 bits per heavy atom. The molecule has 206 valence electrons. The Balaban J connectivity index is 1.52. The van der Waals surface area contributed by atoms with E-state index in [-0.39, 0.29) is 23.7 Å². The molecule has 0 aliphatic carbocycles. The fraction of sp³-hybridized carbons (Fsp3) is 0.500. The zero-order valence-corrected chi connectivity index (χ0v) is 20.7. The highest BCUT2D eigenvalue weighted by Crippen LogP contribution is 2.43. The maximum absolute atomic E-state index is 15.7. The topological polar surface area (TPSA) is 84.7 Å². The summed E-state index contributed by atoms with van der Waals surface area (Å²) < 4.78 is 77.8. The first kappa shape index (κ1) is 26.6. The number of alkyl halides is 3. The summed E-state index contributed by atoms with van der Waals surface area (Å²) in [6, 6.07) is 3.40. The largest absolute Gasteiger partial charge is 0.417 e. The second-order valence-electron chi connectivity index (χ2n) is 10.2. The van der Waals surface area contributed by atoms with E-state index in [0.29, 0.717) is 42.7 Å². The Morgan fingerprint density at radius 3 is 2.58 bits per heavy atom. The van der Waals surface area contributed by atoms with Crippen molar-refractivity contribution in [2.75, 3.05) is 44.8 Å². The lowest BCUT2D eigenvalue weighted by Gasteiger charge is -2.43. The van der Waals surface area contributed by atoms with Crippen molar-refractivity contribution >= 4 is 16.8 Å². The van der Waals surface area contributed by atoms with Gasteiger partial charge in [-0.1, -0.05) is 6.07 Å². The molecule has 2 aliphatic heterocycles. The minimum atomic E-state index is -3.51. The fourth-order valence-corrected chi connectivity index (χ4v) is 5.58. The molecular formula is C26H29F5N4O3. The molecule has 0 amide bonds. The van der Waals surface area contributed by atoms with Crippen LogP contribution in [0.5, 0.6) is 0 Å². The van der Waals surface area contributed by atoms with E-state index < -0.39 is 60.8 Å². The van der Waals surface area contributed by atoms with Crippen molar-refractivity contribution in [3.8, 4) is 0 Å². The average Bonchev–Trinajstić information content (AvgIpc) is 3.22. The lowest BCUT2D eigenvalue weighted by molar-refractivity contribution is -0.0866. The lowest BCUT2D eigenvalue weighted by Crippen LogP contribution is -2.54. The third kappa shape index (κ3) is 5.04. The van der Waals surface area contributed by atoms with Crippen molar-refractivity contribution in [3.05, 3.63) is 63.1 Å². The van der Waals surface area contributed by atoms with Gasteiger partial charge in [0.05, 0.1) is 30.8 Å². The van der Waals surface area contributed by atoms with E-state index in [0.717, 1.165) is 12.1 Å². The Morgan fingerprint density at radius 1 is 1.21 bits per heavy atom. The van der Waals surface area contributed by atoms with Crippen LogP contribution in [0.4, 0.5) is 27.6 Å². The Hall–Kier alpha value is -2.96. The van der Waals surface area contributed by atoms with Crippen LogP contribution in [-0.4, -0.2) is 77.4 Å². The summed E-state index contributed by atoms with van der Waals surface area (Å²) in [5, 5.41) is 12.3. The van der Waals surface area contributed by atoms with Gasteiger partial charge in [0.2, 0.25) is 0 Å². The van der Waals surface area contributed by atoms with Gasteiger partial charge in [-0.2, -0.15) is 0 Å². The van der Waals surface area contributed by atoms with Crippen molar-refractivity contribution in [2.45, 2.75) is 43.8 Å². The summed E-state index contributed by atoms with van der Waals surface area (Å²) in [4.78, 5) is 17.7. The van der Waals surface area contributed by atoms with Crippen molar-refractivity contribution in [1.29, 1.82) is 0 Å². The van der Waals surface area contributed by atoms with Gasteiger partial charge in [0.25, 0.3) is 5.92 Å². The minimum Gasteiger partial charge on any atom is -0.408 e. The molecule has 0 spiro atoms. The number of H-pyrrole nitrogens is 1. The molecule has 1 saturated heterocycles. The molecule has 12 heteroatoms. The SMILES string of the molecule is C[C@@H]1Cc2c(ccc3[nH]c(=O)oc23)[C@@H](c2c(F)cc(NC3CN(CCCF)C3)cc2F)N1CC(F)(F)CO. The van der Waals surface area contributed by atoms with Gasteiger partial charge in [-0.05, 0) is 43.5 Å². The Kier molecular flexibility index (Phi) is 7.23. The lowest BCUT2D eigenvalue weighted by atomic mass is 9.83. The fourth-order valence-electron chi connectivity index (χ4n) is 5.58. The number of likely N-dealkylation sites (tertiary alicyclic amines) is 1. The summed E-state index contributed by atoms with van der Waals surface area (Å²) in [5.74, 6) is -6.04. The quantitative estimate of drug-likeness (QED) is 0.358. The van der Waals surface area contributed by atoms with Gasteiger partial charge < -0.3 is 14.8 Å². The van der Waals surface area contributed by atoms with Crippen LogP contribution in [0.15, 0.2) is 33.5 Å². The summed E-state index contributed by atoms with van der Waals surface area (Å²) >= 11 is 0. The van der Waals surface area contributed by atoms with Crippen LogP contribution in [0.3, 0.4) is 0 Å². The third-order valence-corrected chi connectivity index (χ3v) is 7.35. The molecule has 3 aromatic rings. The molecular weight excluding hydrogens is 511 g/mol. The van der Waals surface area contributed by atoms with E-state index in [2.05, 4.69) is 10.3 Å². The van der Waals surface area contributed by atoms with Crippen LogP contribution in [0.25, 0.3) is 11.1 Å². The van der Waals surface area contributed by atoms with Gasteiger partial charge in [0.1, 0.15) is 18.2 Å². The van der Waals surface area contributed by atoms with E-state index in [4.69, 9.17) is 4.42 Å². The number of aliphatic hydroxyl groups is 1. The van der Waals surface area contributed by atoms with E-state index in [1.165, 1.54) is 11.0 Å². The monoisotopic (exact) mass is 540 g/mol. The predicted octanol–water partition coefficient (Wildman–Crippen LogP) is 3.82. The van der Waals surface area contributed by atoms with Gasteiger partial charge in [0, 0.05) is 42.5 Å². The standard InChI is InChI=1S/C26H29F5N4O3/c1-14-7-18-17(3-4-21-24(18)38-25(37)33-21)23(35(14)12-26(30,31)13-36)22-19(28)8-15(9-20(22)29)32-16-10-34(11-16)6-2-5-27/h3-4,8-9,14,16,23,32,36H,2,5-7,10-13H2,1H3,(H,33,37)/t14-,23+/m1/s1. The van der Waals surface area contributed by atoms with Gasteiger partial charge in [-0.25, -0.2) is 22.4 Å². The number of hydrogen-bond donors (Lipinski definition) is 3. The molecule has 1 fully saturated rings. The maximum atomic E-state index is 15.7. The number of rotatable bonds is 9. The number of hydrogen-bond acceptors (Lipinski definition) is 6. The van der Waals surface area contributed by atoms with Crippen LogP contribution in [0.1, 0.15) is 36.1 Å². The summed E-state index contributed by atoms with van der Waals surface area (Å²) in [7, 11) is 0. The number of aromatic amines is 1. The molecule has 0 radical (unpaired) electrons. The molecule has 3 heterocycles. The van der Waals surface area contributed by atoms with Crippen LogP contribution >= 0.6 is 0 Å². The van der Waals surface area contributed by atoms with E-state index in [1.54, 1.807) is 13.0 Å². The van der Waals surface area contributed by atoms with Crippen molar-refractivity contribution < 1.29 is 31.5 Å². The van der Waals surface area contributed by atoms with Crippen molar-refractivity contribution in [2.24, 2.45) is 0 Å². The molecule has 3 N–H and O–H groups in total. The minimum absolute atomic E-state index is 0.0563. The van der Waals surface area contributed by atoms with E-state index in [1.807, 2.05) is 4.90 Å². The summed E-state index contributed by atoms with van der Waals surface area (Å²) in [6.07, 6.45) is 0.616. The normalized spacial score (nSPS) is 21.0.